The number of nitrogens with zero attached hydrogens (tertiary/aromatic N) is 2. The van der Waals surface area contributed by atoms with Gasteiger partial charge in [-0.05, 0) is 31.9 Å². The number of ether oxygens (including phenoxy) is 2. The molecule has 1 aliphatic rings. The molecule has 0 radical (unpaired) electrons. The van der Waals surface area contributed by atoms with Crippen LogP contribution in [0.4, 0.5) is 17.5 Å². The van der Waals surface area contributed by atoms with E-state index in [1.165, 1.54) is 12.8 Å². The van der Waals surface area contributed by atoms with Gasteiger partial charge in [0.25, 0.3) is 0 Å². The van der Waals surface area contributed by atoms with Crippen molar-refractivity contribution in [3.05, 3.63) is 30.0 Å². The number of hydrogen-bond donors (Lipinski definition) is 2. The smallest absolute Gasteiger partial charge is 0.224 e. The van der Waals surface area contributed by atoms with Gasteiger partial charge < -0.3 is 20.1 Å². The number of rotatable bonds is 7. The average molecular weight is 314 g/mol. The van der Waals surface area contributed by atoms with Crippen molar-refractivity contribution in [1.29, 1.82) is 0 Å². The van der Waals surface area contributed by atoms with Crippen LogP contribution in [0.5, 0.6) is 11.5 Å². The molecule has 3 rings (SSSR count). The molecule has 23 heavy (non-hydrogen) atoms. The van der Waals surface area contributed by atoms with Gasteiger partial charge in [-0.25, -0.2) is 4.98 Å². The Morgan fingerprint density at radius 2 is 1.96 bits per heavy atom. The maximum atomic E-state index is 5.43. The molecule has 6 nitrogen and oxygen atoms in total. The first kappa shape index (κ1) is 15.4. The Morgan fingerprint density at radius 1 is 1.13 bits per heavy atom. The molecule has 0 aliphatic heterocycles. The fraction of sp³-hybridized carbons (Fsp3) is 0.412. The van der Waals surface area contributed by atoms with Crippen LogP contribution in [0, 0.1) is 0 Å². The Balaban J connectivity index is 1.89. The second-order valence-corrected chi connectivity index (χ2v) is 5.50. The number of anilines is 3. The van der Waals surface area contributed by atoms with Crippen molar-refractivity contribution in [1.82, 2.24) is 9.97 Å². The van der Waals surface area contributed by atoms with E-state index >= 15 is 0 Å². The zero-order valence-electron chi connectivity index (χ0n) is 13.7. The first-order valence-corrected chi connectivity index (χ1v) is 7.85. The van der Waals surface area contributed by atoms with Crippen LogP contribution in [-0.4, -0.2) is 30.7 Å². The highest BCUT2D eigenvalue weighted by molar-refractivity contribution is 5.66. The molecular formula is C17H22N4O2. The molecule has 2 N–H and O–H groups in total. The van der Waals surface area contributed by atoms with Crippen LogP contribution in [-0.2, 0) is 0 Å². The van der Waals surface area contributed by atoms with Gasteiger partial charge in [-0.15, -0.1) is 0 Å². The van der Waals surface area contributed by atoms with Crippen LogP contribution in [0.3, 0.4) is 0 Å². The SMILES string of the molecule is CCNc1nc(Nc2ccc(OC)cc2OC)cc(C2CC2)n1. The average Bonchev–Trinajstić information content (AvgIpc) is 3.40. The lowest BCUT2D eigenvalue weighted by Crippen LogP contribution is -2.06. The largest absolute Gasteiger partial charge is 0.497 e. The van der Waals surface area contributed by atoms with Gasteiger partial charge in [0.05, 0.1) is 25.6 Å². The molecule has 122 valence electrons. The minimum atomic E-state index is 0.564. The van der Waals surface area contributed by atoms with Crippen molar-refractivity contribution in [2.75, 3.05) is 31.4 Å². The summed E-state index contributed by atoms with van der Waals surface area (Å²) in [5.41, 5.74) is 1.93. The van der Waals surface area contributed by atoms with Gasteiger partial charge in [-0.3, -0.25) is 0 Å². The minimum absolute atomic E-state index is 0.564. The standard InChI is InChI=1S/C17H22N4O2/c1-4-18-17-20-14(11-5-6-11)10-16(21-17)19-13-8-7-12(22-2)9-15(13)23-3/h7-11H,4-6H2,1-3H3,(H2,18,19,20,21). The molecule has 0 spiro atoms. The van der Waals surface area contributed by atoms with Crippen LogP contribution in [0.1, 0.15) is 31.4 Å². The molecule has 0 amide bonds. The number of hydrogen-bond acceptors (Lipinski definition) is 6. The normalized spacial score (nSPS) is 13.5. The predicted octanol–water partition coefficient (Wildman–Crippen LogP) is 3.55. The lowest BCUT2D eigenvalue weighted by Gasteiger charge is -2.13. The summed E-state index contributed by atoms with van der Waals surface area (Å²) in [5, 5.41) is 6.52. The Hall–Kier alpha value is -2.50. The van der Waals surface area contributed by atoms with E-state index < -0.39 is 0 Å². The van der Waals surface area contributed by atoms with Crippen molar-refractivity contribution in [3.8, 4) is 11.5 Å². The number of methoxy groups -OCH3 is 2. The molecule has 2 aromatic rings. The van der Waals surface area contributed by atoms with Gasteiger partial charge >= 0.3 is 0 Å². The molecule has 0 unspecified atom stereocenters. The highest BCUT2D eigenvalue weighted by atomic mass is 16.5. The van der Waals surface area contributed by atoms with Crippen LogP contribution in [0.25, 0.3) is 0 Å². The Bertz CT molecular complexity index is 686. The number of aromatic nitrogens is 2. The van der Waals surface area contributed by atoms with Crippen molar-refractivity contribution < 1.29 is 9.47 Å². The van der Waals surface area contributed by atoms with E-state index in [0.717, 1.165) is 29.5 Å². The molecule has 0 atom stereocenters. The summed E-state index contributed by atoms with van der Waals surface area (Å²) in [6.45, 7) is 2.83. The zero-order chi connectivity index (χ0) is 16.2. The summed E-state index contributed by atoms with van der Waals surface area (Å²) in [5.74, 6) is 3.45. The number of nitrogens with one attached hydrogen (secondary N) is 2. The maximum absolute atomic E-state index is 5.43. The molecule has 1 aromatic heterocycles. The first-order chi connectivity index (χ1) is 11.2. The third-order valence-corrected chi connectivity index (χ3v) is 3.75. The van der Waals surface area contributed by atoms with Gasteiger partial charge in [0.2, 0.25) is 5.95 Å². The third-order valence-electron chi connectivity index (χ3n) is 3.75. The molecule has 1 heterocycles. The lowest BCUT2D eigenvalue weighted by atomic mass is 10.2. The summed E-state index contributed by atoms with van der Waals surface area (Å²) in [6, 6.07) is 7.67. The first-order valence-electron chi connectivity index (χ1n) is 7.85. The van der Waals surface area contributed by atoms with Crippen molar-refractivity contribution in [3.63, 3.8) is 0 Å². The van der Waals surface area contributed by atoms with Crippen LogP contribution in [0.15, 0.2) is 24.3 Å². The molecule has 1 aromatic carbocycles. The van der Waals surface area contributed by atoms with E-state index in [1.54, 1.807) is 14.2 Å². The summed E-state index contributed by atoms with van der Waals surface area (Å²) in [6.07, 6.45) is 2.40. The molecule has 0 bridgehead atoms. The second-order valence-electron chi connectivity index (χ2n) is 5.50. The summed E-state index contributed by atoms with van der Waals surface area (Å²) in [7, 11) is 3.27. The van der Waals surface area contributed by atoms with E-state index in [0.29, 0.717) is 17.6 Å². The van der Waals surface area contributed by atoms with Crippen LogP contribution >= 0.6 is 0 Å². The van der Waals surface area contributed by atoms with Gasteiger partial charge in [-0.2, -0.15) is 4.98 Å². The van der Waals surface area contributed by atoms with E-state index in [2.05, 4.69) is 20.6 Å². The van der Waals surface area contributed by atoms with Gasteiger partial charge in [0, 0.05) is 24.6 Å². The van der Waals surface area contributed by atoms with Crippen molar-refractivity contribution >= 4 is 17.5 Å². The van der Waals surface area contributed by atoms with E-state index in [9.17, 15) is 0 Å². The van der Waals surface area contributed by atoms with Crippen LogP contribution in [0.2, 0.25) is 0 Å². The fourth-order valence-electron chi connectivity index (χ4n) is 2.40. The Kier molecular flexibility index (Phi) is 4.50. The quantitative estimate of drug-likeness (QED) is 0.814. The molecule has 0 saturated heterocycles. The molecule has 6 heteroatoms. The fourth-order valence-corrected chi connectivity index (χ4v) is 2.40. The minimum Gasteiger partial charge on any atom is -0.497 e. The van der Waals surface area contributed by atoms with E-state index in [4.69, 9.17) is 9.47 Å². The molecule has 1 aliphatic carbocycles. The third kappa shape index (κ3) is 3.64. The van der Waals surface area contributed by atoms with Crippen LogP contribution < -0.4 is 20.1 Å². The van der Waals surface area contributed by atoms with Gasteiger partial charge in [0.1, 0.15) is 17.3 Å². The van der Waals surface area contributed by atoms with Gasteiger partial charge in [0.15, 0.2) is 0 Å². The monoisotopic (exact) mass is 314 g/mol. The number of benzene rings is 1. The lowest BCUT2D eigenvalue weighted by molar-refractivity contribution is 0.395. The molecule has 1 saturated carbocycles. The zero-order valence-corrected chi connectivity index (χ0v) is 13.7. The second kappa shape index (κ2) is 6.73. The molecule has 1 fully saturated rings. The highest BCUT2D eigenvalue weighted by Gasteiger charge is 2.26. The highest BCUT2D eigenvalue weighted by Crippen LogP contribution is 2.40. The van der Waals surface area contributed by atoms with Gasteiger partial charge in [-0.1, -0.05) is 0 Å². The Morgan fingerprint density at radius 3 is 2.61 bits per heavy atom. The topological polar surface area (TPSA) is 68.3 Å². The van der Waals surface area contributed by atoms with E-state index in [1.807, 2.05) is 31.2 Å². The van der Waals surface area contributed by atoms with Crippen molar-refractivity contribution in [2.24, 2.45) is 0 Å². The Labute approximate surface area is 136 Å². The summed E-state index contributed by atoms with van der Waals surface area (Å²) in [4.78, 5) is 9.11. The molecular weight excluding hydrogens is 292 g/mol. The van der Waals surface area contributed by atoms with E-state index in [-0.39, 0.29) is 0 Å². The predicted molar refractivity (Wildman–Crippen MR) is 91.0 cm³/mol. The maximum Gasteiger partial charge on any atom is 0.224 e. The van der Waals surface area contributed by atoms with Crippen molar-refractivity contribution in [2.45, 2.75) is 25.7 Å². The summed E-state index contributed by atoms with van der Waals surface area (Å²) >= 11 is 0. The summed E-state index contributed by atoms with van der Waals surface area (Å²) < 4.78 is 10.7.